The summed E-state index contributed by atoms with van der Waals surface area (Å²) in [6.07, 6.45) is 1.82. The van der Waals surface area contributed by atoms with Crippen molar-refractivity contribution >= 4 is 39.2 Å². The van der Waals surface area contributed by atoms with Gasteiger partial charge in [-0.1, -0.05) is 29.3 Å². The number of benzene rings is 1. The molecule has 0 saturated heterocycles. The maximum atomic E-state index is 12.5. The quantitative estimate of drug-likeness (QED) is 0.865. The van der Waals surface area contributed by atoms with Gasteiger partial charge in [0.25, 0.3) is 0 Å². The molecule has 0 heterocycles. The average Bonchev–Trinajstić information content (AvgIpc) is 3.15. The first-order valence-corrected chi connectivity index (χ1v) is 8.18. The van der Waals surface area contributed by atoms with Crippen molar-refractivity contribution in [1.82, 2.24) is 4.31 Å². The molecule has 0 spiro atoms. The summed E-state index contributed by atoms with van der Waals surface area (Å²) in [4.78, 5) is 10.7. The van der Waals surface area contributed by atoms with Gasteiger partial charge in [-0.2, -0.15) is 4.31 Å². The summed E-state index contributed by atoms with van der Waals surface area (Å²) >= 11 is 11.7. The largest absolute Gasteiger partial charge is 0.480 e. The Hall–Kier alpha value is -0.820. The first kappa shape index (κ1) is 15.6. The van der Waals surface area contributed by atoms with E-state index >= 15 is 0 Å². The first-order chi connectivity index (χ1) is 9.32. The Morgan fingerprint density at radius 2 is 2.00 bits per heavy atom. The maximum absolute atomic E-state index is 12.5. The van der Waals surface area contributed by atoms with Gasteiger partial charge in [0.2, 0.25) is 10.0 Å². The van der Waals surface area contributed by atoms with Crippen LogP contribution in [0.5, 0.6) is 0 Å². The van der Waals surface area contributed by atoms with Crippen LogP contribution in [0, 0.1) is 5.92 Å². The Balaban J connectivity index is 2.38. The van der Waals surface area contributed by atoms with E-state index in [1.54, 1.807) is 0 Å². The molecule has 1 N–H and O–H groups in total. The predicted octanol–water partition coefficient (Wildman–Crippen LogP) is 2.48. The molecular formula is C12H13Cl2NO4S. The van der Waals surface area contributed by atoms with Gasteiger partial charge in [0, 0.05) is 6.54 Å². The number of hydrogen-bond donors (Lipinski definition) is 1. The predicted molar refractivity (Wildman–Crippen MR) is 75.6 cm³/mol. The lowest BCUT2D eigenvalue weighted by Gasteiger charge is -2.21. The number of halogens is 2. The Kier molecular flexibility index (Phi) is 4.59. The van der Waals surface area contributed by atoms with E-state index < -0.39 is 22.5 Å². The third-order valence-electron chi connectivity index (χ3n) is 3.00. The van der Waals surface area contributed by atoms with E-state index in [9.17, 15) is 13.2 Å². The zero-order valence-corrected chi connectivity index (χ0v) is 12.7. The van der Waals surface area contributed by atoms with Crippen molar-refractivity contribution in [2.24, 2.45) is 5.92 Å². The number of carbonyl (C=O) groups is 1. The van der Waals surface area contributed by atoms with E-state index in [0.29, 0.717) is 0 Å². The van der Waals surface area contributed by atoms with Gasteiger partial charge in [-0.15, -0.1) is 0 Å². The average molecular weight is 338 g/mol. The topological polar surface area (TPSA) is 74.7 Å². The first-order valence-electron chi connectivity index (χ1n) is 5.98. The molecule has 1 aliphatic rings. The molecule has 1 fully saturated rings. The number of sulfonamides is 1. The minimum atomic E-state index is -3.97. The molecule has 0 radical (unpaired) electrons. The van der Waals surface area contributed by atoms with Gasteiger partial charge < -0.3 is 5.11 Å². The van der Waals surface area contributed by atoms with Crippen LogP contribution in [-0.2, 0) is 14.8 Å². The second kappa shape index (κ2) is 5.89. The summed E-state index contributed by atoms with van der Waals surface area (Å²) < 4.78 is 26.0. The smallest absolute Gasteiger partial charge is 0.318 e. The summed E-state index contributed by atoms with van der Waals surface area (Å²) in [7, 11) is -3.97. The lowest BCUT2D eigenvalue weighted by molar-refractivity contribution is -0.137. The number of carboxylic acid groups (broad SMARTS) is 1. The van der Waals surface area contributed by atoms with Crippen molar-refractivity contribution in [3.05, 3.63) is 28.2 Å². The number of hydrogen-bond acceptors (Lipinski definition) is 3. The van der Waals surface area contributed by atoms with Crippen molar-refractivity contribution in [2.75, 3.05) is 13.1 Å². The van der Waals surface area contributed by atoms with E-state index in [4.69, 9.17) is 28.3 Å². The molecule has 5 nitrogen and oxygen atoms in total. The second-order valence-corrected chi connectivity index (χ2v) is 7.38. The molecule has 0 bridgehead atoms. The fourth-order valence-electron chi connectivity index (χ4n) is 1.81. The van der Waals surface area contributed by atoms with Crippen molar-refractivity contribution in [3.8, 4) is 0 Å². The monoisotopic (exact) mass is 337 g/mol. The fraction of sp³-hybridized carbons (Fsp3) is 0.417. The normalized spacial score (nSPS) is 15.6. The van der Waals surface area contributed by atoms with E-state index in [1.807, 2.05) is 0 Å². The van der Waals surface area contributed by atoms with E-state index in [-0.39, 0.29) is 27.4 Å². The van der Waals surface area contributed by atoms with Crippen LogP contribution in [0.15, 0.2) is 23.1 Å². The van der Waals surface area contributed by atoms with Gasteiger partial charge >= 0.3 is 5.97 Å². The third kappa shape index (κ3) is 3.44. The molecule has 110 valence electrons. The third-order valence-corrected chi connectivity index (χ3v) is 5.79. The van der Waals surface area contributed by atoms with Crippen molar-refractivity contribution in [2.45, 2.75) is 17.7 Å². The van der Waals surface area contributed by atoms with Gasteiger partial charge in [-0.3, -0.25) is 4.79 Å². The van der Waals surface area contributed by atoms with Gasteiger partial charge in [0.1, 0.15) is 11.4 Å². The molecule has 0 aliphatic heterocycles. The van der Waals surface area contributed by atoms with Crippen LogP contribution in [0.1, 0.15) is 12.8 Å². The molecule has 0 amide bonds. The number of nitrogens with zero attached hydrogens (tertiary/aromatic N) is 1. The van der Waals surface area contributed by atoms with E-state index in [2.05, 4.69) is 0 Å². The molecule has 1 saturated carbocycles. The van der Waals surface area contributed by atoms with Crippen LogP contribution >= 0.6 is 23.2 Å². The molecular weight excluding hydrogens is 325 g/mol. The van der Waals surface area contributed by atoms with Crippen LogP contribution in [0.4, 0.5) is 0 Å². The lowest BCUT2D eigenvalue weighted by Crippen LogP contribution is -2.37. The second-order valence-electron chi connectivity index (χ2n) is 4.69. The number of rotatable bonds is 6. The van der Waals surface area contributed by atoms with Crippen LogP contribution < -0.4 is 0 Å². The lowest BCUT2D eigenvalue weighted by atomic mass is 10.4. The van der Waals surface area contributed by atoms with Gasteiger partial charge in [-0.05, 0) is 30.9 Å². The SMILES string of the molecule is O=C(O)CN(CC1CC1)S(=O)(=O)c1cccc(Cl)c1Cl. The number of carboxylic acids is 1. The van der Waals surface area contributed by atoms with E-state index in [0.717, 1.165) is 17.1 Å². The molecule has 2 rings (SSSR count). The minimum absolute atomic E-state index is 0.0830. The Morgan fingerprint density at radius 3 is 2.55 bits per heavy atom. The zero-order valence-electron chi connectivity index (χ0n) is 10.4. The highest BCUT2D eigenvalue weighted by atomic mass is 35.5. The van der Waals surface area contributed by atoms with Gasteiger partial charge in [0.05, 0.1) is 10.0 Å². The maximum Gasteiger partial charge on any atom is 0.318 e. The summed E-state index contributed by atoms with van der Waals surface area (Å²) in [6.45, 7) is -0.390. The summed E-state index contributed by atoms with van der Waals surface area (Å²) in [5, 5.41) is 8.92. The fourth-order valence-corrected chi connectivity index (χ4v) is 4.01. The summed E-state index contributed by atoms with van der Waals surface area (Å²) in [5.41, 5.74) is 0. The highest BCUT2D eigenvalue weighted by molar-refractivity contribution is 7.89. The molecule has 1 aliphatic carbocycles. The highest BCUT2D eigenvalue weighted by Gasteiger charge is 2.34. The van der Waals surface area contributed by atoms with Crippen molar-refractivity contribution in [3.63, 3.8) is 0 Å². The van der Waals surface area contributed by atoms with Gasteiger partial charge in [0.15, 0.2) is 0 Å². The molecule has 0 atom stereocenters. The summed E-state index contributed by atoms with van der Waals surface area (Å²) in [6, 6.07) is 4.27. The molecule has 0 aromatic heterocycles. The van der Waals surface area contributed by atoms with Gasteiger partial charge in [-0.25, -0.2) is 8.42 Å². The van der Waals surface area contributed by atoms with Crippen LogP contribution in [0.25, 0.3) is 0 Å². The zero-order chi connectivity index (χ0) is 14.9. The standard InChI is InChI=1S/C12H13Cl2NO4S/c13-9-2-1-3-10(12(9)14)20(18,19)15(7-11(16)17)6-8-4-5-8/h1-3,8H,4-7H2,(H,16,17). The number of aliphatic carboxylic acids is 1. The minimum Gasteiger partial charge on any atom is -0.480 e. The van der Waals surface area contributed by atoms with Crippen molar-refractivity contribution < 1.29 is 18.3 Å². The molecule has 8 heteroatoms. The van der Waals surface area contributed by atoms with Crippen LogP contribution in [0.2, 0.25) is 10.0 Å². The Bertz CT molecular complexity index is 628. The van der Waals surface area contributed by atoms with E-state index in [1.165, 1.54) is 18.2 Å². The highest BCUT2D eigenvalue weighted by Crippen LogP contribution is 2.34. The summed E-state index contributed by atoms with van der Waals surface area (Å²) in [5.74, 6) is -0.977. The Morgan fingerprint density at radius 1 is 1.35 bits per heavy atom. The molecule has 1 aromatic rings. The molecule has 0 unspecified atom stereocenters. The van der Waals surface area contributed by atoms with Crippen molar-refractivity contribution in [1.29, 1.82) is 0 Å². The molecule has 1 aromatic carbocycles. The Labute approximate surface area is 127 Å². The molecule has 20 heavy (non-hydrogen) atoms. The van der Waals surface area contributed by atoms with Crippen LogP contribution in [-0.4, -0.2) is 36.9 Å². The van der Waals surface area contributed by atoms with Crippen LogP contribution in [0.3, 0.4) is 0 Å².